The first-order chi connectivity index (χ1) is 16.4. The molecule has 2 amide bonds. The van der Waals surface area contributed by atoms with Gasteiger partial charge in [-0.2, -0.15) is 0 Å². The highest BCUT2D eigenvalue weighted by Crippen LogP contribution is 2.36. The van der Waals surface area contributed by atoms with Crippen molar-refractivity contribution in [1.29, 1.82) is 0 Å². The second-order valence-corrected chi connectivity index (χ2v) is 9.82. The molecule has 3 aromatic carbocycles. The number of likely N-dealkylation sites (tertiary alicyclic amines) is 1. The third kappa shape index (κ3) is 6.25. The molecule has 3 aromatic rings. The number of hydrogen-bond acceptors (Lipinski definition) is 2. The zero-order chi connectivity index (χ0) is 24.1. The van der Waals surface area contributed by atoms with Gasteiger partial charge >= 0.3 is 6.03 Å². The molecule has 4 rings (SSSR count). The molecular formula is C27H27Cl3N2O2. The number of nitrogens with zero attached hydrogens (tertiary/aromatic N) is 2. The van der Waals surface area contributed by atoms with Gasteiger partial charge in [0.1, 0.15) is 6.10 Å². The van der Waals surface area contributed by atoms with Crippen molar-refractivity contribution in [2.45, 2.75) is 31.6 Å². The van der Waals surface area contributed by atoms with Gasteiger partial charge in [-0.25, -0.2) is 4.79 Å². The monoisotopic (exact) mass is 516 g/mol. The largest absolute Gasteiger partial charge is 0.365 e. The molecule has 0 aromatic heterocycles. The number of rotatable bonds is 6. The molecule has 7 heteroatoms. The molecule has 0 bridgehead atoms. The van der Waals surface area contributed by atoms with Gasteiger partial charge in [-0.3, -0.25) is 0 Å². The van der Waals surface area contributed by atoms with Crippen LogP contribution < -0.4 is 0 Å². The first-order valence-corrected chi connectivity index (χ1v) is 12.4. The number of piperidine rings is 1. The van der Waals surface area contributed by atoms with E-state index in [1.165, 1.54) is 0 Å². The third-order valence-corrected chi connectivity index (χ3v) is 6.86. The maximum Gasteiger partial charge on any atom is 0.320 e. The van der Waals surface area contributed by atoms with Crippen LogP contribution in [0.1, 0.15) is 35.6 Å². The summed E-state index contributed by atoms with van der Waals surface area (Å²) in [5.74, 6) is 0. The summed E-state index contributed by atoms with van der Waals surface area (Å²) < 4.78 is 6.59. The summed E-state index contributed by atoms with van der Waals surface area (Å²) >= 11 is 18.8. The number of carbonyl (C=O) groups is 1. The van der Waals surface area contributed by atoms with Crippen molar-refractivity contribution in [3.8, 4) is 0 Å². The third-order valence-electron chi connectivity index (χ3n) is 6.05. The number of carbonyl (C=O) groups excluding carboxylic acids is 1. The number of benzene rings is 3. The number of ether oxygens (including phenoxy) is 1. The molecule has 34 heavy (non-hydrogen) atoms. The fourth-order valence-corrected chi connectivity index (χ4v) is 4.86. The molecule has 0 N–H and O–H groups in total. The van der Waals surface area contributed by atoms with Crippen molar-refractivity contribution in [3.63, 3.8) is 0 Å². The van der Waals surface area contributed by atoms with Crippen molar-refractivity contribution in [2.24, 2.45) is 0 Å². The maximum atomic E-state index is 13.0. The first kappa shape index (κ1) is 24.9. The van der Waals surface area contributed by atoms with E-state index in [-0.39, 0.29) is 18.2 Å². The quantitative estimate of drug-likeness (QED) is 0.340. The van der Waals surface area contributed by atoms with Crippen molar-refractivity contribution in [1.82, 2.24) is 9.80 Å². The topological polar surface area (TPSA) is 32.8 Å². The van der Waals surface area contributed by atoms with Crippen LogP contribution in [-0.4, -0.2) is 42.1 Å². The van der Waals surface area contributed by atoms with Crippen LogP contribution >= 0.6 is 34.8 Å². The average molecular weight is 518 g/mol. The number of amides is 2. The van der Waals surface area contributed by atoms with E-state index in [2.05, 4.69) is 0 Å². The lowest BCUT2D eigenvalue weighted by molar-refractivity contribution is -0.0228. The zero-order valence-corrected chi connectivity index (χ0v) is 21.2. The number of hydrogen-bond donors (Lipinski definition) is 0. The molecule has 1 fully saturated rings. The zero-order valence-electron chi connectivity index (χ0n) is 19.0. The minimum Gasteiger partial charge on any atom is -0.365 e. The van der Waals surface area contributed by atoms with Crippen LogP contribution in [0.4, 0.5) is 4.79 Å². The predicted molar refractivity (Wildman–Crippen MR) is 139 cm³/mol. The van der Waals surface area contributed by atoms with Gasteiger partial charge in [-0.15, -0.1) is 0 Å². The summed E-state index contributed by atoms with van der Waals surface area (Å²) in [6.07, 6.45) is 1.14. The van der Waals surface area contributed by atoms with Crippen molar-refractivity contribution >= 4 is 40.8 Å². The van der Waals surface area contributed by atoms with E-state index < -0.39 is 0 Å². The van der Waals surface area contributed by atoms with E-state index >= 15 is 0 Å². The lowest BCUT2D eigenvalue weighted by Gasteiger charge is -2.36. The highest BCUT2D eigenvalue weighted by atomic mass is 35.5. The van der Waals surface area contributed by atoms with Crippen LogP contribution in [0.15, 0.2) is 72.8 Å². The SMILES string of the molecule is CN(Cc1ccccc1)C(=O)N1CCC(OC(c2ccc(Cl)cc2)c2ccc(Cl)cc2Cl)CC1. The molecule has 1 aliphatic heterocycles. The van der Waals surface area contributed by atoms with Crippen molar-refractivity contribution in [2.75, 3.05) is 20.1 Å². The van der Waals surface area contributed by atoms with E-state index in [1.807, 2.05) is 78.7 Å². The molecule has 0 radical (unpaired) electrons. The minimum atomic E-state index is -0.352. The number of halogens is 3. The second kappa shape index (κ2) is 11.5. The molecule has 1 aliphatic rings. The van der Waals surface area contributed by atoms with Crippen LogP contribution in [0.25, 0.3) is 0 Å². The van der Waals surface area contributed by atoms with Crippen LogP contribution in [-0.2, 0) is 11.3 Å². The van der Waals surface area contributed by atoms with E-state index in [9.17, 15) is 4.79 Å². The van der Waals surface area contributed by atoms with E-state index in [1.54, 1.807) is 11.0 Å². The van der Waals surface area contributed by atoms with Crippen LogP contribution in [0, 0.1) is 0 Å². The Bertz CT molecular complexity index is 1100. The van der Waals surface area contributed by atoms with Gasteiger partial charge in [0.05, 0.1) is 6.10 Å². The predicted octanol–water partition coefficient (Wildman–Crippen LogP) is 7.47. The van der Waals surface area contributed by atoms with Gasteiger partial charge in [0, 0.05) is 47.3 Å². The fourth-order valence-electron chi connectivity index (χ4n) is 4.23. The smallest absolute Gasteiger partial charge is 0.320 e. The Hall–Kier alpha value is -2.24. The van der Waals surface area contributed by atoms with Gasteiger partial charge in [0.2, 0.25) is 0 Å². The minimum absolute atomic E-state index is 0.00379. The molecule has 0 aliphatic carbocycles. The Morgan fingerprint density at radius 1 is 0.971 bits per heavy atom. The Morgan fingerprint density at radius 3 is 2.26 bits per heavy atom. The highest BCUT2D eigenvalue weighted by molar-refractivity contribution is 6.35. The van der Waals surface area contributed by atoms with Crippen LogP contribution in [0.5, 0.6) is 0 Å². The Kier molecular flexibility index (Phi) is 8.38. The molecule has 1 saturated heterocycles. The van der Waals surface area contributed by atoms with Gasteiger partial charge < -0.3 is 14.5 Å². The second-order valence-electron chi connectivity index (χ2n) is 8.54. The molecule has 0 saturated carbocycles. The normalized spacial score (nSPS) is 15.2. The molecule has 1 unspecified atom stereocenters. The molecular weight excluding hydrogens is 491 g/mol. The highest BCUT2D eigenvalue weighted by Gasteiger charge is 2.29. The summed E-state index contributed by atoms with van der Waals surface area (Å²) in [5, 5.41) is 1.80. The van der Waals surface area contributed by atoms with Gasteiger partial charge in [-0.05, 0) is 48.2 Å². The lowest BCUT2D eigenvalue weighted by Crippen LogP contribution is -2.46. The molecule has 1 atom stereocenters. The summed E-state index contributed by atoms with van der Waals surface area (Å²) in [7, 11) is 1.84. The Morgan fingerprint density at radius 2 is 1.62 bits per heavy atom. The Labute approximate surface area is 216 Å². The van der Waals surface area contributed by atoms with Crippen LogP contribution in [0.3, 0.4) is 0 Å². The van der Waals surface area contributed by atoms with Gasteiger partial charge in [0.25, 0.3) is 0 Å². The summed E-state index contributed by atoms with van der Waals surface area (Å²) in [5.41, 5.74) is 2.94. The van der Waals surface area contributed by atoms with Gasteiger partial charge in [0.15, 0.2) is 0 Å². The Balaban J connectivity index is 1.41. The van der Waals surface area contributed by atoms with Crippen molar-refractivity contribution < 1.29 is 9.53 Å². The number of urea groups is 1. The van der Waals surface area contributed by atoms with E-state index in [4.69, 9.17) is 39.5 Å². The maximum absolute atomic E-state index is 13.0. The van der Waals surface area contributed by atoms with Crippen molar-refractivity contribution in [3.05, 3.63) is 105 Å². The van der Waals surface area contributed by atoms with Gasteiger partial charge in [-0.1, -0.05) is 83.3 Å². The summed E-state index contributed by atoms with van der Waals surface area (Å²) in [6, 6.07) is 23.1. The van der Waals surface area contributed by atoms with E-state index in [0.29, 0.717) is 34.7 Å². The lowest BCUT2D eigenvalue weighted by atomic mass is 10.00. The molecule has 178 valence electrons. The summed E-state index contributed by atoms with van der Waals surface area (Å²) in [6.45, 7) is 1.87. The summed E-state index contributed by atoms with van der Waals surface area (Å²) in [4.78, 5) is 16.6. The first-order valence-electron chi connectivity index (χ1n) is 11.3. The fraction of sp³-hybridized carbons (Fsp3) is 0.296. The van der Waals surface area contributed by atoms with E-state index in [0.717, 1.165) is 29.5 Å². The molecule has 4 nitrogen and oxygen atoms in total. The standard InChI is InChI=1S/C27H27Cl3N2O2/c1-31(18-19-5-3-2-4-6-19)27(33)32-15-13-23(14-16-32)34-26(20-7-9-21(28)10-8-20)24-12-11-22(29)17-25(24)30/h2-12,17,23,26H,13-16,18H2,1H3. The van der Waals surface area contributed by atoms with Crippen LogP contribution in [0.2, 0.25) is 15.1 Å². The average Bonchev–Trinajstić information content (AvgIpc) is 2.84. The molecule has 0 spiro atoms. The molecule has 1 heterocycles.